The van der Waals surface area contributed by atoms with Gasteiger partial charge in [0.1, 0.15) is 17.8 Å². The van der Waals surface area contributed by atoms with Gasteiger partial charge in [-0.1, -0.05) is 46.2 Å². The number of carbonyl (C=O) groups is 3. The van der Waals surface area contributed by atoms with Gasteiger partial charge in [0.2, 0.25) is 11.8 Å². The van der Waals surface area contributed by atoms with Crippen molar-refractivity contribution in [3.63, 3.8) is 0 Å². The van der Waals surface area contributed by atoms with Crippen molar-refractivity contribution in [1.29, 1.82) is 0 Å². The molecule has 0 fully saturated rings. The molecule has 0 aliphatic rings. The molecule has 29 heavy (non-hydrogen) atoms. The zero-order chi connectivity index (χ0) is 22.1. The molecular formula is C21H33N3O5. The number of aromatic hydroxyl groups is 1. The number of amides is 2. The van der Waals surface area contributed by atoms with Gasteiger partial charge in [-0.25, -0.2) is 4.79 Å². The predicted molar refractivity (Wildman–Crippen MR) is 110 cm³/mol. The Hall–Kier alpha value is -2.61. The third kappa shape index (κ3) is 8.11. The quantitative estimate of drug-likeness (QED) is 0.375. The van der Waals surface area contributed by atoms with Crippen molar-refractivity contribution in [3.05, 3.63) is 29.8 Å². The van der Waals surface area contributed by atoms with Crippen LogP contribution in [0.4, 0.5) is 0 Å². The van der Waals surface area contributed by atoms with Crippen LogP contribution in [-0.2, 0) is 20.8 Å². The maximum atomic E-state index is 12.7. The Bertz CT molecular complexity index is 690. The van der Waals surface area contributed by atoms with E-state index in [0.29, 0.717) is 12.8 Å². The lowest BCUT2D eigenvalue weighted by atomic mass is 9.96. The number of hydrogen-bond acceptors (Lipinski definition) is 5. The van der Waals surface area contributed by atoms with E-state index in [9.17, 15) is 24.6 Å². The fourth-order valence-corrected chi connectivity index (χ4v) is 2.90. The van der Waals surface area contributed by atoms with Crippen molar-refractivity contribution in [3.8, 4) is 5.75 Å². The largest absolute Gasteiger partial charge is 0.508 e. The molecule has 8 nitrogen and oxygen atoms in total. The summed E-state index contributed by atoms with van der Waals surface area (Å²) in [5.41, 5.74) is 6.77. The van der Waals surface area contributed by atoms with Crippen LogP contribution in [0.3, 0.4) is 0 Å². The van der Waals surface area contributed by atoms with Crippen LogP contribution in [-0.4, -0.2) is 46.1 Å². The summed E-state index contributed by atoms with van der Waals surface area (Å²) in [6.07, 6.45) is 1.15. The summed E-state index contributed by atoms with van der Waals surface area (Å²) >= 11 is 0. The van der Waals surface area contributed by atoms with Crippen LogP contribution < -0.4 is 16.4 Å². The average molecular weight is 408 g/mol. The maximum absolute atomic E-state index is 12.7. The van der Waals surface area contributed by atoms with E-state index in [1.807, 2.05) is 27.7 Å². The van der Waals surface area contributed by atoms with Crippen LogP contribution in [0.5, 0.6) is 5.75 Å². The molecule has 0 aliphatic heterocycles. The number of aliphatic carboxylic acids is 1. The van der Waals surface area contributed by atoms with Crippen molar-refractivity contribution in [1.82, 2.24) is 10.6 Å². The van der Waals surface area contributed by atoms with Crippen LogP contribution in [0, 0.1) is 11.8 Å². The van der Waals surface area contributed by atoms with Crippen molar-refractivity contribution >= 4 is 17.8 Å². The second-order valence-corrected chi connectivity index (χ2v) is 7.88. The molecule has 8 heteroatoms. The number of nitrogens with two attached hydrogens (primary N) is 1. The van der Waals surface area contributed by atoms with E-state index in [1.54, 1.807) is 12.1 Å². The summed E-state index contributed by atoms with van der Waals surface area (Å²) in [6, 6.07) is 3.58. The molecule has 0 heterocycles. The maximum Gasteiger partial charge on any atom is 0.326 e. The summed E-state index contributed by atoms with van der Waals surface area (Å²) in [5.74, 6) is -2.12. The number of phenolic OH excluding ortho intramolecular Hbond substituents is 1. The van der Waals surface area contributed by atoms with Crippen molar-refractivity contribution in [2.24, 2.45) is 17.6 Å². The van der Waals surface area contributed by atoms with Gasteiger partial charge in [0, 0.05) is 0 Å². The first kappa shape index (κ1) is 24.4. The van der Waals surface area contributed by atoms with E-state index in [4.69, 9.17) is 5.73 Å². The lowest BCUT2D eigenvalue weighted by molar-refractivity contribution is -0.143. The van der Waals surface area contributed by atoms with Gasteiger partial charge >= 0.3 is 5.97 Å². The van der Waals surface area contributed by atoms with Gasteiger partial charge in [-0.2, -0.15) is 0 Å². The minimum Gasteiger partial charge on any atom is -0.508 e. The fraction of sp³-hybridized carbons (Fsp3) is 0.571. The lowest BCUT2D eigenvalue weighted by Crippen LogP contribution is -2.57. The third-order valence-electron chi connectivity index (χ3n) is 4.84. The van der Waals surface area contributed by atoms with Crippen LogP contribution in [0.15, 0.2) is 24.3 Å². The summed E-state index contributed by atoms with van der Waals surface area (Å²) in [6.45, 7) is 7.45. The van der Waals surface area contributed by atoms with E-state index < -0.39 is 35.9 Å². The second-order valence-electron chi connectivity index (χ2n) is 7.88. The van der Waals surface area contributed by atoms with E-state index >= 15 is 0 Å². The second kappa shape index (κ2) is 11.4. The van der Waals surface area contributed by atoms with E-state index in [-0.39, 0.29) is 24.0 Å². The first-order valence-corrected chi connectivity index (χ1v) is 9.92. The predicted octanol–water partition coefficient (Wildman–Crippen LogP) is 1.41. The first-order valence-electron chi connectivity index (χ1n) is 9.92. The molecule has 0 aliphatic carbocycles. The highest BCUT2D eigenvalue weighted by molar-refractivity contribution is 5.92. The Kier molecular flexibility index (Phi) is 9.61. The summed E-state index contributed by atoms with van der Waals surface area (Å²) in [4.78, 5) is 36.8. The molecule has 0 unspecified atom stereocenters. The number of phenols is 1. The summed E-state index contributed by atoms with van der Waals surface area (Å²) in [5, 5.41) is 23.9. The Morgan fingerprint density at radius 2 is 1.62 bits per heavy atom. The standard InChI is InChI=1S/C21H33N3O5/c1-5-13(4)18(20(27)23-17(21(28)29)10-12(2)3)24-19(26)16(22)11-14-6-8-15(25)9-7-14/h6-9,12-13,16-18,25H,5,10-11,22H2,1-4H3,(H,23,27)(H,24,26)(H,28,29)/t13-,16+,17-,18-/m0/s1. The van der Waals surface area contributed by atoms with Gasteiger partial charge < -0.3 is 26.6 Å². The van der Waals surface area contributed by atoms with Crippen LogP contribution >= 0.6 is 0 Å². The molecule has 0 saturated carbocycles. The van der Waals surface area contributed by atoms with Gasteiger partial charge in [0.05, 0.1) is 6.04 Å². The number of benzene rings is 1. The Morgan fingerprint density at radius 3 is 2.10 bits per heavy atom. The minimum atomic E-state index is -1.11. The van der Waals surface area contributed by atoms with Crippen molar-refractivity contribution in [2.75, 3.05) is 0 Å². The number of hydrogen-bond donors (Lipinski definition) is 5. The highest BCUT2D eigenvalue weighted by Crippen LogP contribution is 2.13. The summed E-state index contributed by atoms with van der Waals surface area (Å²) in [7, 11) is 0. The molecule has 1 aromatic carbocycles. The normalized spacial score (nSPS) is 15.2. The van der Waals surface area contributed by atoms with Crippen molar-refractivity contribution in [2.45, 2.75) is 65.1 Å². The summed E-state index contributed by atoms with van der Waals surface area (Å²) < 4.78 is 0. The van der Waals surface area contributed by atoms with Gasteiger partial charge in [-0.3, -0.25) is 9.59 Å². The molecule has 162 valence electrons. The van der Waals surface area contributed by atoms with Gasteiger partial charge in [0.25, 0.3) is 0 Å². The lowest BCUT2D eigenvalue weighted by Gasteiger charge is -2.27. The highest BCUT2D eigenvalue weighted by atomic mass is 16.4. The molecule has 0 bridgehead atoms. The first-order chi connectivity index (χ1) is 13.5. The zero-order valence-corrected chi connectivity index (χ0v) is 17.5. The van der Waals surface area contributed by atoms with E-state index in [1.165, 1.54) is 12.1 Å². The smallest absolute Gasteiger partial charge is 0.326 e. The van der Waals surface area contributed by atoms with E-state index in [2.05, 4.69) is 10.6 Å². The molecule has 1 rings (SSSR count). The highest BCUT2D eigenvalue weighted by Gasteiger charge is 2.31. The van der Waals surface area contributed by atoms with Gasteiger partial charge in [0.15, 0.2) is 0 Å². The monoisotopic (exact) mass is 407 g/mol. The topological polar surface area (TPSA) is 142 Å². The fourth-order valence-electron chi connectivity index (χ4n) is 2.90. The molecular weight excluding hydrogens is 374 g/mol. The Morgan fingerprint density at radius 1 is 1.03 bits per heavy atom. The zero-order valence-electron chi connectivity index (χ0n) is 17.5. The van der Waals surface area contributed by atoms with Crippen LogP contribution in [0.1, 0.15) is 46.1 Å². The van der Waals surface area contributed by atoms with E-state index in [0.717, 1.165) is 5.56 Å². The van der Waals surface area contributed by atoms with Crippen LogP contribution in [0.25, 0.3) is 0 Å². The number of carbonyl (C=O) groups excluding carboxylic acids is 2. The molecule has 0 aromatic heterocycles. The molecule has 1 aromatic rings. The molecule has 2 amide bonds. The number of nitrogens with one attached hydrogen (secondary N) is 2. The molecule has 0 saturated heterocycles. The third-order valence-corrected chi connectivity index (χ3v) is 4.84. The number of carboxylic acid groups (broad SMARTS) is 1. The molecule has 0 radical (unpaired) electrons. The molecule has 4 atom stereocenters. The minimum absolute atomic E-state index is 0.0896. The molecule has 0 spiro atoms. The van der Waals surface area contributed by atoms with Gasteiger partial charge in [-0.15, -0.1) is 0 Å². The Labute approximate surface area is 171 Å². The SMILES string of the molecule is CC[C@H](C)[C@H](NC(=O)[C@H](N)Cc1ccc(O)cc1)C(=O)N[C@@H](CC(C)C)C(=O)O. The number of carboxylic acids is 1. The Balaban J connectivity index is 2.83. The average Bonchev–Trinajstić information content (AvgIpc) is 2.65. The van der Waals surface area contributed by atoms with Crippen LogP contribution in [0.2, 0.25) is 0 Å². The van der Waals surface area contributed by atoms with Gasteiger partial charge in [-0.05, 0) is 42.4 Å². The number of rotatable bonds is 11. The van der Waals surface area contributed by atoms with Crippen molar-refractivity contribution < 1.29 is 24.6 Å². The molecule has 6 N–H and O–H groups in total.